The molecule has 0 aromatic heterocycles. The van der Waals surface area contributed by atoms with Crippen molar-refractivity contribution in [3.63, 3.8) is 0 Å². The SMILES string of the molecule is Cc1ccc(C(=O)Nc2ccccc2C(F)(F)F)cc1N1CCCCS1(=O)=O. The number of hydrogen-bond acceptors (Lipinski definition) is 3. The van der Waals surface area contributed by atoms with E-state index >= 15 is 0 Å². The predicted octanol–water partition coefficient (Wildman–Crippen LogP) is 4.20. The molecule has 2 aromatic rings. The average molecular weight is 412 g/mol. The summed E-state index contributed by atoms with van der Waals surface area (Å²) in [7, 11) is -3.47. The fourth-order valence-corrected chi connectivity index (χ4v) is 4.81. The van der Waals surface area contributed by atoms with Gasteiger partial charge in [0.1, 0.15) is 0 Å². The summed E-state index contributed by atoms with van der Waals surface area (Å²) in [6.45, 7) is 2.03. The summed E-state index contributed by atoms with van der Waals surface area (Å²) in [6, 6.07) is 9.14. The molecule has 2 aromatic carbocycles. The zero-order chi connectivity index (χ0) is 20.5. The van der Waals surface area contributed by atoms with Crippen LogP contribution in [0.4, 0.5) is 24.5 Å². The zero-order valence-corrected chi connectivity index (χ0v) is 15.9. The predicted molar refractivity (Wildman–Crippen MR) is 101 cm³/mol. The Labute approximate surface area is 161 Å². The second kappa shape index (κ2) is 7.46. The highest BCUT2D eigenvalue weighted by Crippen LogP contribution is 2.35. The molecule has 0 saturated carbocycles. The quantitative estimate of drug-likeness (QED) is 0.822. The second-order valence-corrected chi connectivity index (χ2v) is 8.61. The molecule has 3 rings (SSSR count). The van der Waals surface area contributed by atoms with E-state index in [1.807, 2.05) is 0 Å². The molecule has 5 nitrogen and oxygen atoms in total. The smallest absolute Gasteiger partial charge is 0.321 e. The molecule has 150 valence electrons. The van der Waals surface area contributed by atoms with Crippen molar-refractivity contribution in [3.05, 3.63) is 59.2 Å². The van der Waals surface area contributed by atoms with Crippen molar-refractivity contribution < 1.29 is 26.4 Å². The molecule has 1 fully saturated rings. The molecule has 28 heavy (non-hydrogen) atoms. The normalized spacial score (nSPS) is 16.6. The summed E-state index contributed by atoms with van der Waals surface area (Å²) in [6.07, 6.45) is -3.33. The largest absolute Gasteiger partial charge is 0.418 e. The lowest BCUT2D eigenvalue weighted by Crippen LogP contribution is -2.38. The van der Waals surface area contributed by atoms with Crippen LogP contribution in [-0.2, 0) is 16.2 Å². The Morgan fingerprint density at radius 3 is 2.50 bits per heavy atom. The maximum absolute atomic E-state index is 13.1. The lowest BCUT2D eigenvalue weighted by Gasteiger charge is -2.29. The summed E-state index contributed by atoms with van der Waals surface area (Å²) in [5, 5.41) is 2.28. The number of carbonyl (C=O) groups is 1. The summed E-state index contributed by atoms with van der Waals surface area (Å²) in [5.74, 6) is -0.714. The van der Waals surface area contributed by atoms with Crippen molar-refractivity contribution in [2.24, 2.45) is 0 Å². The molecule has 0 spiro atoms. The molecular formula is C19H19F3N2O3S. The molecule has 9 heteroatoms. The first-order chi connectivity index (χ1) is 13.1. The Kier molecular flexibility index (Phi) is 5.38. The van der Waals surface area contributed by atoms with E-state index in [0.29, 0.717) is 30.6 Å². The lowest BCUT2D eigenvalue weighted by molar-refractivity contribution is -0.136. The van der Waals surface area contributed by atoms with Crippen LogP contribution in [0.5, 0.6) is 0 Å². The second-order valence-electron chi connectivity index (χ2n) is 6.59. The van der Waals surface area contributed by atoms with E-state index in [4.69, 9.17) is 0 Å². The number of rotatable bonds is 3. The van der Waals surface area contributed by atoms with Crippen LogP contribution >= 0.6 is 0 Å². The van der Waals surface area contributed by atoms with Crippen molar-refractivity contribution in [3.8, 4) is 0 Å². The van der Waals surface area contributed by atoms with Gasteiger partial charge in [0.15, 0.2) is 0 Å². The molecule has 1 N–H and O–H groups in total. The number of anilines is 2. The van der Waals surface area contributed by atoms with Crippen molar-refractivity contribution in [1.29, 1.82) is 0 Å². The summed E-state index contributed by atoms with van der Waals surface area (Å²) in [5.41, 5.74) is -0.186. The Morgan fingerprint density at radius 1 is 1.11 bits per heavy atom. The first kappa shape index (κ1) is 20.2. The molecule has 1 aliphatic rings. The third kappa shape index (κ3) is 4.14. The van der Waals surface area contributed by atoms with Gasteiger partial charge in [-0.1, -0.05) is 18.2 Å². The number of aryl methyl sites for hydroxylation is 1. The lowest BCUT2D eigenvalue weighted by atomic mass is 10.1. The molecule has 0 unspecified atom stereocenters. The molecule has 0 bridgehead atoms. The number of alkyl halides is 3. The third-order valence-electron chi connectivity index (χ3n) is 4.57. The average Bonchev–Trinajstić information content (AvgIpc) is 2.61. The number of halogens is 3. The minimum absolute atomic E-state index is 0.0296. The number of benzene rings is 2. The summed E-state index contributed by atoms with van der Waals surface area (Å²) in [4.78, 5) is 12.6. The van der Waals surface area contributed by atoms with Gasteiger partial charge in [-0.15, -0.1) is 0 Å². The fourth-order valence-electron chi connectivity index (χ4n) is 3.11. The number of nitrogens with one attached hydrogen (secondary N) is 1. The molecule has 0 atom stereocenters. The Morgan fingerprint density at radius 2 is 1.82 bits per heavy atom. The van der Waals surface area contributed by atoms with Crippen molar-refractivity contribution >= 4 is 27.3 Å². The number of hydrogen-bond donors (Lipinski definition) is 1. The van der Waals surface area contributed by atoms with E-state index in [9.17, 15) is 26.4 Å². The molecule has 0 radical (unpaired) electrons. The number of para-hydroxylation sites is 1. The van der Waals surface area contributed by atoms with Crippen LogP contribution in [0.1, 0.15) is 34.3 Å². The van der Waals surface area contributed by atoms with Crippen LogP contribution in [0.15, 0.2) is 42.5 Å². The molecule has 1 aliphatic heterocycles. The standard InChI is InChI=1S/C19H19F3N2O3S/c1-13-8-9-14(12-17(13)24-10-4-5-11-28(24,26)27)18(25)23-16-7-3-2-6-15(16)19(20,21)22/h2-3,6-9,12H,4-5,10-11H2,1H3,(H,23,25). The van der Waals surface area contributed by atoms with Crippen LogP contribution in [0.2, 0.25) is 0 Å². The van der Waals surface area contributed by atoms with Gasteiger partial charge in [0.2, 0.25) is 10.0 Å². The van der Waals surface area contributed by atoms with E-state index in [-0.39, 0.29) is 17.0 Å². The van der Waals surface area contributed by atoms with Crippen LogP contribution in [0.3, 0.4) is 0 Å². The number of amides is 1. The maximum Gasteiger partial charge on any atom is 0.418 e. The number of nitrogens with zero attached hydrogens (tertiary/aromatic N) is 1. The van der Waals surface area contributed by atoms with Gasteiger partial charge in [-0.05, 0) is 49.6 Å². The molecule has 0 aliphatic carbocycles. The van der Waals surface area contributed by atoms with Gasteiger partial charge in [0.25, 0.3) is 5.91 Å². The number of sulfonamides is 1. The van der Waals surface area contributed by atoms with Crippen LogP contribution in [-0.4, -0.2) is 26.6 Å². The summed E-state index contributed by atoms with van der Waals surface area (Å²) >= 11 is 0. The third-order valence-corrected chi connectivity index (χ3v) is 6.43. The van der Waals surface area contributed by atoms with Crippen LogP contribution in [0, 0.1) is 6.92 Å². The zero-order valence-electron chi connectivity index (χ0n) is 15.1. The highest BCUT2D eigenvalue weighted by atomic mass is 32.2. The Balaban J connectivity index is 1.93. The van der Waals surface area contributed by atoms with Gasteiger partial charge in [0, 0.05) is 12.1 Å². The van der Waals surface area contributed by atoms with Crippen molar-refractivity contribution in [2.45, 2.75) is 25.9 Å². The van der Waals surface area contributed by atoms with E-state index in [1.54, 1.807) is 13.0 Å². The van der Waals surface area contributed by atoms with Gasteiger partial charge < -0.3 is 5.32 Å². The van der Waals surface area contributed by atoms with E-state index in [2.05, 4.69) is 5.32 Å². The Hall–Kier alpha value is -2.55. The molecule has 1 saturated heterocycles. The van der Waals surface area contributed by atoms with Gasteiger partial charge in [-0.2, -0.15) is 13.2 Å². The molecule has 1 heterocycles. The maximum atomic E-state index is 13.1. The number of carbonyl (C=O) groups excluding carboxylic acids is 1. The minimum atomic E-state index is -4.61. The Bertz CT molecular complexity index is 1000. The highest BCUT2D eigenvalue weighted by molar-refractivity contribution is 7.92. The van der Waals surface area contributed by atoms with Gasteiger partial charge in [0.05, 0.1) is 22.7 Å². The highest BCUT2D eigenvalue weighted by Gasteiger charge is 2.34. The minimum Gasteiger partial charge on any atom is -0.321 e. The van der Waals surface area contributed by atoms with Crippen molar-refractivity contribution in [2.75, 3.05) is 21.9 Å². The first-order valence-electron chi connectivity index (χ1n) is 8.68. The topological polar surface area (TPSA) is 66.5 Å². The monoisotopic (exact) mass is 412 g/mol. The molecule has 1 amide bonds. The van der Waals surface area contributed by atoms with Crippen LogP contribution < -0.4 is 9.62 Å². The van der Waals surface area contributed by atoms with E-state index < -0.39 is 27.7 Å². The van der Waals surface area contributed by atoms with Gasteiger partial charge in [-0.25, -0.2) is 8.42 Å². The van der Waals surface area contributed by atoms with Gasteiger partial charge >= 0.3 is 6.18 Å². The summed E-state index contributed by atoms with van der Waals surface area (Å²) < 4.78 is 65.4. The fraction of sp³-hybridized carbons (Fsp3) is 0.316. The van der Waals surface area contributed by atoms with E-state index in [0.717, 1.165) is 6.07 Å². The van der Waals surface area contributed by atoms with Crippen LogP contribution in [0.25, 0.3) is 0 Å². The first-order valence-corrected chi connectivity index (χ1v) is 10.3. The van der Waals surface area contributed by atoms with Gasteiger partial charge in [-0.3, -0.25) is 9.10 Å². The molecular weight excluding hydrogens is 393 g/mol. The van der Waals surface area contributed by atoms with E-state index in [1.165, 1.54) is 34.6 Å². The van der Waals surface area contributed by atoms with Crippen molar-refractivity contribution in [1.82, 2.24) is 0 Å².